The van der Waals surface area contributed by atoms with Crippen LogP contribution in [-0.2, 0) is 4.79 Å². The molecular formula is C19H31NO2. The van der Waals surface area contributed by atoms with Crippen molar-refractivity contribution in [3.05, 3.63) is 0 Å². The normalized spacial score (nSPS) is 45.2. The Morgan fingerprint density at radius 2 is 1.41 bits per heavy atom. The first-order chi connectivity index (χ1) is 10.7. The zero-order chi connectivity index (χ0) is 15.1. The molecule has 1 heterocycles. The highest BCUT2D eigenvalue weighted by Crippen LogP contribution is 2.44. The minimum Gasteiger partial charge on any atom is -0.392 e. The predicted molar refractivity (Wildman–Crippen MR) is 86.2 cm³/mol. The van der Waals surface area contributed by atoms with Crippen molar-refractivity contribution in [2.24, 2.45) is 29.6 Å². The van der Waals surface area contributed by atoms with Gasteiger partial charge in [0.15, 0.2) is 0 Å². The molecule has 0 aromatic rings. The highest BCUT2D eigenvalue weighted by atomic mass is 16.3. The van der Waals surface area contributed by atoms with Crippen LogP contribution in [0.15, 0.2) is 0 Å². The fraction of sp³-hybridized carbons (Fsp3) is 0.947. The van der Waals surface area contributed by atoms with Gasteiger partial charge in [0.05, 0.1) is 6.10 Å². The van der Waals surface area contributed by atoms with Gasteiger partial charge in [-0.25, -0.2) is 0 Å². The van der Waals surface area contributed by atoms with Gasteiger partial charge in [-0.05, 0) is 43.9 Å². The topological polar surface area (TPSA) is 40.5 Å². The molecule has 0 radical (unpaired) electrons. The Morgan fingerprint density at radius 1 is 0.773 bits per heavy atom. The van der Waals surface area contributed by atoms with E-state index in [1.165, 1.54) is 38.5 Å². The van der Waals surface area contributed by atoms with E-state index in [0.29, 0.717) is 17.7 Å². The fourth-order valence-corrected chi connectivity index (χ4v) is 5.94. The van der Waals surface area contributed by atoms with E-state index in [9.17, 15) is 9.90 Å². The lowest BCUT2D eigenvalue weighted by atomic mass is 9.67. The number of amides is 1. The van der Waals surface area contributed by atoms with Crippen LogP contribution < -0.4 is 0 Å². The summed E-state index contributed by atoms with van der Waals surface area (Å²) in [4.78, 5) is 15.1. The summed E-state index contributed by atoms with van der Waals surface area (Å²) in [6.45, 7) is 1.64. The molecule has 1 saturated heterocycles. The average Bonchev–Trinajstić information content (AvgIpc) is 2.53. The van der Waals surface area contributed by atoms with E-state index < -0.39 is 0 Å². The second-order valence-corrected chi connectivity index (χ2v) is 8.50. The van der Waals surface area contributed by atoms with Gasteiger partial charge in [-0.15, -0.1) is 0 Å². The molecule has 6 atom stereocenters. The third-order valence-corrected chi connectivity index (χ3v) is 7.23. The summed E-state index contributed by atoms with van der Waals surface area (Å²) < 4.78 is 0. The zero-order valence-electron chi connectivity index (χ0n) is 13.8. The van der Waals surface area contributed by atoms with E-state index in [4.69, 9.17) is 0 Å². The Balaban J connectivity index is 1.39. The molecule has 3 aliphatic carbocycles. The Hall–Kier alpha value is -0.570. The van der Waals surface area contributed by atoms with Crippen LogP contribution in [0.2, 0.25) is 0 Å². The number of rotatable bonds is 1. The van der Waals surface area contributed by atoms with Crippen LogP contribution in [0.1, 0.15) is 64.2 Å². The number of hydrogen-bond acceptors (Lipinski definition) is 2. The lowest BCUT2D eigenvalue weighted by molar-refractivity contribution is -0.146. The minimum absolute atomic E-state index is 0.146. The number of likely N-dealkylation sites (tertiary alicyclic amines) is 1. The van der Waals surface area contributed by atoms with E-state index in [0.717, 1.165) is 50.6 Å². The molecule has 4 aliphatic rings. The first-order valence-corrected chi connectivity index (χ1v) is 9.69. The summed E-state index contributed by atoms with van der Waals surface area (Å²) in [5, 5.41) is 10.3. The molecule has 3 nitrogen and oxygen atoms in total. The second-order valence-electron chi connectivity index (χ2n) is 8.50. The van der Waals surface area contributed by atoms with Crippen molar-refractivity contribution in [1.29, 1.82) is 0 Å². The lowest BCUT2D eigenvalue weighted by Gasteiger charge is -2.47. The van der Waals surface area contributed by atoms with Crippen molar-refractivity contribution in [3.8, 4) is 0 Å². The van der Waals surface area contributed by atoms with E-state index in [1.54, 1.807) is 0 Å². The SMILES string of the molecule is O=C([C@@H]1CC[C@H]2CCCC[C@H]2C1)N1C[C@H]2CCC[C@@H](C1)C2O. The van der Waals surface area contributed by atoms with Gasteiger partial charge in [-0.3, -0.25) is 4.79 Å². The minimum atomic E-state index is -0.146. The zero-order valence-corrected chi connectivity index (χ0v) is 13.8. The molecule has 3 saturated carbocycles. The number of nitrogens with zero attached hydrogens (tertiary/aromatic N) is 1. The van der Waals surface area contributed by atoms with Gasteiger partial charge in [-0.2, -0.15) is 0 Å². The fourth-order valence-electron chi connectivity index (χ4n) is 5.94. The highest BCUT2D eigenvalue weighted by Gasteiger charge is 2.42. The van der Waals surface area contributed by atoms with Crippen LogP contribution in [0.5, 0.6) is 0 Å². The maximum Gasteiger partial charge on any atom is 0.225 e. The van der Waals surface area contributed by atoms with E-state index in [2.05, 4.69) is 4.90 Å². The number of aliphatic hydroxyl groups excluding tert-OH is 1. The van der Waals surface area contributed by atoms with Gasteiger partial charge >= 0.3 is 0 Å². The lowest BCUT2D eigenvalue weighted by Crippen LogP contribution is -2.54. The number of carbonyl (C=O) groups excluding carboxylic acids is 1. The van der Waals surface area contributed by atoms with Crippen molar-refractivity contribution in [1.82, 2.24) is 4.90 Å². The smallest absolute Gasteiger partial charge is 0.225 e. The van der Waals surface area contributed by atoms with Crippen LogP contribution in [0.4, 0.5) is 0 Å². The Kier molecular flexibility index (Phi) is 4.19. The molecule has 3 heteroatoms. The summed E-state index contributed by atoms with van der Waals surface area (Å²) in [5.74, 6) is 3.15. The van der Waals surface area contributed by atoms with Gasteiger partial charge in [0, 0.05) is 30.8 Å². The molecule has 1 aliphatic heterocycles. The van der Waals surface area contributed by atoms with Crippen molar-refractivity contribution < 1.29 is 9.90 Å². The van der Waals surface area contributed by atoms with E-state index >= 15 is 0 Å². The number of aliphatic hydroxyl groups is 1. The monoisotopic (exact) mass is 305 g/mol. The van der Waals surface area contributed by atoms with Crippen LogP contribution >= 0.6 is 0 Å². The summed E-state index contributed by atoms with van der Waals surface area (Å²) in [6.07, 6.45) is 12.4. The number of fused-ring (bicyclic) bond motifs is 3. The Morgan fingerprint density at radius 3 is 2.14 bits per heavy atom. The quantitative estimate of drug-likeness (QED) is 0.808. The number of piperidine rings is 1. The Labute approximate surface area is 134 Å². The molecule has 1 amide bonds. The molecule has 0 aromatic heterocycles. The van der Waals surface area contributed by atoms with Gasteiger partial charge in [-0.1, -0.05) is 32.1 Å². The number of carbonyl (C=O) groups is 1. The predicted octanol–water partition coefficient (Wildman–Crippen LogP) is 3.21. The van der Waals surface area contributed by atoms with Crippen LogP contribution in [-0.4, -0.2) is 35.1 Å². The largest absolute Gasteiger partial charge is 0.392 e. The molecule has 1 N–H and O–H groups in total. The van der Waals surface area contributed by atoms with Crippen LogP contribution in [0, 0.1) is 29.6 Å². The van der Waals surface area contributed by atoms with Crippen LogP contribution in [0.25, 0.3) is 0 Å². The molecule has 124 valence electrons. The maximum absolute atomic E-state index is 13.0. The maximum atomic E-state index is 13.0. The van der Waals surface area contributed by atoms with Gasteiger partial charge in [0.25, 0.3) is 0 Å². The molecule has 0 spiro atoms. The summed E-state index contributed by atoms with van der Waals surface area (Å²) in [6, 6.07) is 0. The summed E-state index contributed by atoms with van der Waals surface area (Å²) in [7, 11) is 0. The van der Waals surface area contributed by atoms with Crippen molar-refractivity contribution in [2.75, 3.05) is 13.1 Å². The van der Waals surface area contributed by atoms with Gasteiger partial charge in [0.1, 0.15) is 0 Å². The molecular weight excluding hydrogens is 274 g/mol. The number of hydrogen-bond donors (Lipinski definition) is 1. The summed E-state index contributed by atoms with van der Waals surface area (Å²) in [5.41, 5.74) is 0. The molecule has 22 heavy (non-hydrogen) atoms. The first kappa shape index (κ1) is 15.0. The summed E-state index contributed by atoms with van der Waals surface area (Å²) >= 11 is 0. The highest BCUT2D eigenvalue weighted by molar-refractivity contribution is 5.79. The standard InChI is InChI=1S/C19H31NO2/c21-18-16-6-3-7-17(18)12-20(11-16)19(22)15-9-8-13-4-1-2-5-14(13)10-15/h13-18,21H,1-12H2/t13-,14+,15-,16-,17+,18?/m1/s1. The van der Waals surface area contributed by atoms with Gasteiger partial charge < -0.3 is 10.0 Å². The third-order valence-electron chi connectivity index (χ3n) is 7.23. The third kappa shape index (κ3) is 2.70. The molecule has 4 rings (SSSR count). The van der Waals surface area contributed by atoms with E-state index in [1.807, 2.05) is 0 Å². The molecule has 4 fully saturated rings. The molecule has 2 bridgehead atoms. The van der Waals surface area contributed by atoms with Crippen molar-refractivity contribution in [2.45, 2.75) is 70.3 Å². The van der Waals surface area contributed by atoms with Crippen molar-refractivity contribution >= 4 is 5.91 Å². The Bertz CT molecular complexity index is 410. The molecule has 1 unspecified atom stereocenters. The molecule has 0 aromatic carbocycles. The average molecular weight is 305 g/mol. The van der Waals surface area contributed by atoms with Crippen molar-refractivity contribution in [3.63, 3.8) is 0 Å². The van der Waals surface area contributed by atoms with Gasteiger partial charge in [0.2, 0.25) is 5.91 Å². The van der Waals surface area contributed by atoms with E-state index in [-0.39, 0.29) is 12.0 Å². The first-order valence-electron chi connectivity index (χ1n) is 9.69. The second kappa shape index (κ2) is 6.14. The van der Waals surface area contributed by atoms with Crippen LogP contribution in [0.3, 0.4) is 0 Å².